The number of hydrogen-bond acceptors (Lipinski definition) is 9. The van der Waals surface area contributed by atoms with Crippen LogP contribution in [0.3, 0.4) is 0 Å². The second-order valence-electron chi connectivity index (χ2n) is 18.9. The molecule has 0 spiro atoms. The predicted molar refractivity (Wildman–Crippen MR) is 269 cm³/mol. The third-order valence-electron chi connectivity index (χ3n) is 14.1. The average Bonchev–Trinajstić information content (AvgIpc) is 3.76. The van der Waals surface area contributed by atoms with Crippen LogP contribution in [0.1, 0.15) is 36.0 Å². The van der Waals surface area contributed by atoms with Crippen LogP contribution in [0.15, 0.2) is 189 Å². The monoisotopic (exact) mass is 924 g/mol. The highest BCUT2D eigenvalue weighted by atomic mass is 16.6. The molecule has 354 valence electrons. The van der Waals surface area contributed by atoms with Crippen molar-refractivity contribution in [1.82, 2.24) is 0 Å². The Morgan fingerprint density at radius 1 is 0.580 bits per heavy atom. The number of rotatable bonds is 14. The van der Waals surface area contributed by atoms with Gasteiger partial charge < -0.3 is 43.0 Å². The van der Waals surface area contributed by atoms with Crippen molar-refractivity contribution < 1.29 is 43.0 Å². The fourth-order valence-electron chi connectivity index (χ4n) is 10.4. The molecule has 2 saturated heterocycles. The summed E-state index contributed by atoms with van der Waals surface area (Å²) in [5.74, 6) is 0. The molecule has 6 aromatic carbocycles. The van der Waals surface area contributed by atoms with Gasteiger partial charge in [-0.15, -0.1) is 6.58 Å². The molecule has 0 amide bonds. The van der Waals surface area contributed by atoms with Gasteiger partial charge in [0.15, 0.2) is 0 Å². The minimum Gasteiger partial charge on any atom is -0.386 e. The first-order chi connectivity index (χ1) is 34.0. The first-order valence-electron chi connectivity index (χ1n) is 24.5. The minimum absolute atomic E-state index is 0.294. The van der Waals surface area contributed by atoms with Crippen LogP contribution in [0.2, 0.25) is 0 Å². The average molecular weight is 925 g/mol. The van der Waals surface area contributed by atoms with E-state index in [1.165, 1.54) is 26.9 Å². The van der Waals surface area contributed by atoms with Gasteiger partial charge in [0.25, 0.3) is 0 Å². The van der Waals surface area contributed by atoms with Gasteiger partial charge in [-0.25, -0.2) is 0 Å². The van der Waals surface area contributed by atoms with Crippen molar-refractivity contribution in [2.75, 3.05) is 6.61 Å². The van der Waals surface area contributed by atoms with Crippen LogP contribution in [-0.2, 0) is 57.7 Å². The van der Waals surface area contributed by atoms with Crippen molar-refractivity contribution in [2.24, 2.45) is 0 Å². The Morgan fingerprint density at radius 3 is 1.86 bits per heavy atom. The maximum Gasteiger partial charge on any atom is 0.115 e. The first kappa shape index (κ1) is 45.9. The molecule has 1 N–H and O–H groups in total. The van der Waals surface area contributed by atoms with Gasteiger partial charge in [-0.1, -0.05) is 164 Å². The topological polar surface area (TPSA) is 94.1 Å². The van der Waals surface area contributed by atoms with Crippen LogP contribution in [0.4, 0.5) is 0 Å². The van der Waals surface area contributed by atoms with Gasteiger partial charge in [-0.05, 0) is 80.0 Å². The van der Waals surface area contributed by atoms with E-state index in [4.69, 9.17) is 37.9 Å². The molecule has 5 aliphatic rings. The molecule has 0 radical (unpaired) electrons. The van der Waals surface area contributed by atoms with Crippen LogP contribution in [0.25, 0.3) is 32.3 Å². The van der Waals surface area contributed by atoms with Gasteiger partial charge in [0.1, 0.15) is 36.6 Å². The molecule has 0 unspecified atom stereocenters. The van der Waals surface area contributed by atoms with E-state index < -0.39 is 48.8 Å². The van der Waals surface area contributed by atoms with Crippen molar-refractivity contribution in [3.63, 3.8) is 0 Å². The molecule has 5 aliphatic heterocycles. The summed E-state index contributed by atoms with van der Waals surface area (Å²) < 4.78 is 54.4. The summed E-state index contributed by atoms with van der Waals surface area (Å²) >= 11 is 0. The number of aliphatic hydroxyl groups is 1. The maximum atomic E-state index is 10.8. The lowest BCUT2D eigenvalue weighted by Crippen LogP contribution is -2.64. The molecule has 5 heterocycles. The fourth-order valence-corrected chi connectivity index (χ4v) is 10.4. The summed E-state index contributed by atoms with van der Waals surface area (Å²) in [6, 6.07) is 44.5. The summed E-state index contributed by atoms with van der Waals surface area (Å²) in [6.45, 7) is 5.48. The van der Waals surface area contributed by atoms with Crippen molar-refractivity contribution in [2.45, 2.75) is 118 Å². The van der Waals surface area contributed by atoms with Crippen LogP contribution in [0.5, 0.6) is 0 Å². The zero-order valence-corrected chi connectivity index (χ0v) is 38.7. The van der Waals surface area contributed by atoms with Crippen molar-refractivity contribution in [1.29, 1.82) is 0 Å². The molecule has 2 fully saturated rings. The van der Waals surface area contributed by atoms with Gasteiger partial charge in [0.05, 0.1) is 69.2 Å². The summed E-state index contributed by atoms with van der Waals surface area (Å²) in [6.07, 6.45) is 14.3. The third-order valence-corrected chi connectivity index (χ3v) is 14.1. The molecule has 69 heavy (non-hydrogen) atoms. The Balaban J connectivity index is 0.834. The zero-order valence-electron chi connectivity index (χ0n) is 38.7. The lowest BCUT2D eigenvalue weighted by molar-refractivity contribution is -0.297. The molecule has 0 saturated carbocycles. The fraction of sp³-hybridized carbons (Fsp3) is 0.333. The van der Waals surface area contributed by atoms with Crippen molar-refractivity contribution in [3.8, 4) is 0 Å². The number of fused-ring (bicyclic) bond motifs is 7. The van der Waals surface area contributed by atoms with Gasteiger partial charge in [0, 0.05) is 6.42 Å². The molecule has 0 aliphatic carbocycles. The molecule has 6 aromatic rings. The molecule has 9 nitrogen and oxygen atoms in total. The van der Waals surface area contributed by atoms with Crippen LogP contribution < -0.4 is 0 Å². The first-order valence-corrected chi connectivity index (χ1v) is 24.5. The normalized spacial score (nSPS) is 30.2. The van der Waals surface area contributed by atoms with Crippen LogP contribution >= 0.6 is 0 Å². The molecule has 0 bridgehead atoms. The lowest BCUT2D eigenvalue weighted by Gasteiger charge is -2.51. The van der Waals surface area contributed by atoms with Gasteiger partial charge in [0.2, 0.25) is 0 Å². The summed E-state index contributed by atoms with van der Waals surface area (Å²) in [5, 5.41) is 17.9. The summed E-state index contributed by atoms with van der Waals surface area (Å²) in [7, 11) is 0. The van der Waals surface area contributed by atoms with E-state index in [0.29, 0.717) is 45.7 Å². The molecule has 0 aromatic heterocycles. The summed E-state index contributed by atoms with van der Waals surface area (Å²) in [5.41, 5.74) is 3.27. The summed E-state index contributed by atoms with van der Waals surface area (Å²) in [4.78, 5) is 0. The predicted octanol–water partition coefficient (Wildman–Crippen LogP) is 10.6. The smallest absolute Gasteiger partial charge is 0.115 e. The second kappa shape index (κ2) is 21.2. The van der Waals surface area contributed by atoms with E-state index in [9.17, 15) is 5.11 Å². The molecule has 9 heteroatoms. The Labute approximate surface area is 404 Å². The molecular weight excluding hydrogens is 865 g/mol. The Bertz CT molecular complexity index is 2850. The molecule has 13 atom stereocenters. The quantitative estimate of drug-likeness (QED) is 0.107. The molecular formula is C60H60O9. The van der Waals surface area contributed by atoms with Gasteiger partial charge >= 0.3 is 0 Å². The molecule has 11 rings (SSSR count). The Hall–Kier alpha value is -5.56. The minimum atomic E-state index is -0.751. The second-order valence-corrected chi connectivity index (χ2v) is 18.9. The van der Waals surface area contributed by atoms with E-state index in [-0.39, 0.29) is 30.5 Å². The highest BCUT2D eigenvalue weighted by Crippen LogP contribution is 2.41. The van der Waals surface area contributed by atoms with Gasteiger partial charge in [-0.2, -0.15) is 0 Å². The highest BCUT2D eigenvalue weighted by Gasteiger charge is 2.54. The maximum absolute atomic E-state index is 10.8. The number of benzene rings is 6. The van der Waals surface area contributed by atoms with Crippen molar-refractivity contribution >= 4 is 32.3 Å². The Morgan fingerprint density at radius 2 is 1.17 bits per heavy atom. The lowest BCUT2D eigenvalue weighted by atomic mass is 9.87. The van der Waals surface area contributed by atoms with E-state index >= 15 is 0 Å². The van der Waals surface area contributed by atoms with Gasteiger partial charge in [-0.3, -0.25) is 0 Å². The number of ether oxygens (including phenoxy) is 8. The van der Waals surface area contributed by atoms with E-state index in [1.54, 1.807) is 12.2 Å². The van der Waals surface area contributed by atoms with E-state index in [0.717, 1.165) is 22.1 Å². The number of aliphatic hydroxyl groups excluding tert-OH is 1. The standard InChI is InChI=1S/C60H60O9/c1-2-10-51-50(61)27-28-52-53(66-51)29-30-54-56(67-52)34-57-59(69-54)60(64-37-41-21-24-44-13-5-8-16-47(44)33-41)58-55(68-57)18-9-17-48(65-58)25-26-49(63-36-40-20-23-43-12-4-7-15-46(43)32-40)38-62-35-39-19-22-42-11-3-6-14-45(42)31-39/h2-9,11-17,19-33,48-61H,1,10,18,34-38H2/b26-25+/t48-,49+,50+,51+,52-,53+,54-,55+,56+,57-,58+,59-,60-/m1/s1. The van der Waals surface area contributed by atoms with Crippen molar-refractivity contribution in [3.05, 3.63) is 205 Å². The zero-order chi connectivity index (χ0) is 46.5. The SMILES string of the molecule is C=CC[C@@H]1O[C@H]2C=C[C@H]3O[C@H]4[C@H](OCc5ccc6ccccc6c5)[C@H]5O[C@@H](/C=C/[C@@H](COCc6ccc7ccccc7c6)OCc6ccc7ccccc7c6)C=CC[C@@H]5O[C@@H]4C[C@@H]3O[C@@H]2C=C[C@@H]1O. The largest absolute Gasteiger partial charge is 0.386 e. The van der Waals surface area contributed by atoms with E-state index in [2.05, 4.69) is 164 Å². The van der Waals surface area contributed by atoms with E-state index in [1.807, 2.05) is 12.2 Å². The Kier molecular flexibility index (Phi) is 14.1. The third kappa shape index (κ3) is 10.6. The van der Waals surface area contributed by atoms with Crippen LogP contribution in [0, 0.1) is 0 Å². The highest BCUT2D eigenvalue weighted by molar-refractivity contribution is 5.84. The van der Waals surface area contributed by atoms with Crippen LogP contribution in [-0.4, -0.2) is 91.1 Å². The number of hydrogen-bond donors (Lipinski definition) is 1.